The average molecular weight is 440 g/mol. The predicted octanol–water partition coefficient (Wildman–Crippen LogP) is 5.96. The van der Waals surface area contributed by atoms with E-state index in [0.29, 0.717) is 21.5 Å². The largest absolute Gasteiger partial charge is 0.497 e. The molecule has 0 bridgehead atoms. The molecule has 1 N–H and O–H groups in total. The van der Waals surface area contributed by atoms with Gasteiger partial charge in [-0.05, 0) is 74.0 Å². The average Bonchev–Trinajstić information content (AvgIpc) is 3.01. The van der Waals surface area contributed by atoms with Crippen LogP contribution in [-0.4, -0.2) is 17.6 Å². The predicted molar refractivity (Wildman–Crippen MR) is 120 cm³/mol. The van der Waals surface area contributed by atoms with Crippen LogP contribution in [0.2, 0.25) is 10.0 Å². The monoisotopic (exact) mass is 439 g/mol. The number of nitriles is 1. The van der Waals surface area contributed by atoms with Crippen molar-refractivity contribution < 1.29 is 9.53 Å². The number of carbonyl (C=O) groups is 1. The number of aromatic nitrogens is 1. The summed E-state index contributed by atoms with van der Waals surface area (Å²) in [4.78, 5) is 12.6. The molecule has 0 spiro atoms. The molecule has 2 aromatic carbocycles. The zero-order valence-corrected chi connectivity index (χ0v) is 18.2. The van der Waals surface area contributed by atoms with Crippen molar-refractivity contribution in [2.75, 3.05) is 12.4 Å². The fourth-order valence-corrected chi connectivity index (χ4v) is 3.42. The Balaban J connectivity index is 1.91. The fraction of sp³-hybridized carbons (Fsp3) is 0.130. The lowest BCUT2D eigenvalue weighted by molar-refractivity contribution is -0.112. The standard InChI is InChI=1S/C23H19Cl2N3O2/c1-14-10-16(15(2)28(14)19-6-9-21(24)22(25)12-19)11-17(13-26)23(29)27-18-4-7-20(30-3)8-5-18/h4-12H,1-3H3,(H,27,29)/b17-11+. The van der Waals surface area contributed by atoms with Gasteiger partial charge in [0.2, 0.25) is 0 Å². The summed E-state index contributed by atoms with van der Waals surface area (Å²) in [7, 11) is 1.57. The van der Waals surface area contributed by atoms with Crippen molar-refractivity contribution in [1.29, 1.82) is 5.26 Å². The van der Waals surface area contributed by atoms with E-state index in [9.17, 15) is 10.1 Å². The molecule has 3 rings (SSSR count). The molecular weight excluding hydrogens is 421 g/mol. The van der Waals surface area contributed by atoms with Crippen molar-refractivity contribution in [1.82, 2.24) is 4.57 Å². The van der Waals surface area contributed by atoms with Crippen LogP contribution in [0.1, 0.15) is 17.0 Å². The van der Waals surface area contributed by atoms with Gasteiger partial charge in [-0.1, -0.05) is 23.2 Å². The number of amides is 1. The van der Waals surface area contributed by atoms with Gasteiger partial charge in [-0.3, -0.25) is 4.79 Å². The molecule has 152 valence electrons. The Bertz CT molecular complexity index is 1170. The Morgan fingerprint density at radius 3 is 2.40 bits per heavy atom. The minimum absolute atomic E-state index is 0.000191. The summed E-state index contributed by atoms with van der Waals surface area (Å²) in [6.45, 7) is 3.86. The Morgan fingerprint density at radius 2 is 1.80 bits per heavy atom. The van der Waals surface area contributed by atoms with Crippen molar-refractivity contribution in [2.45, 2.75) is 13.8 Å². The van der Waals surface area contributed by atoms with E-state index in [1.165, 1.54) is 0 Å². The number of ether oxygens (including phenoxy) is 1. The second-order valence-electron chi connectivity index (χ2n) is 6.61. The number of rotatable bonds is 5. The van der Waals surface area contributed by atoms with Crippen LogP contribution in [-0.2, 0) is 4.79 Å². The van der Waals surface area contributed by atoms with Crippen LogP contribution < -0.4 is 10.1 Å². The molecule has 0 radical (unpaired) electrons. The molecule has 3 aromatic rings. The maximum absolute atomic E-state index is 12.6. The Morgan fingerprint density at radius 1 is 1.10 bits per heavy atom. The van der Waals surface area contributed by atoms with Crippen LogP contribution in [0.3, 0.4) is 0 Å². The molecule has 0 fully saturated rings. The van der Waals surface area contributed by atoms with Crippen molar-refractivity contribution in [2.24, 2.45) is 0 Å². The van der Waals surface area contributed by atoms with Crippen molar-refractivity contribution in [3.63, 3.8) is 0 Å². The summed E-state index contributed by atoms with van der Waals surface area (Å²) >= 11 is 12.2. The highest BCUT2D eigenvalue weighted by Crippen LogP contribution is 2.28. The van der Waals surface area contributed by atoms with E-state index >= 15 is 0 Å². The number of methoxy groups -OCH3 is 1. The van der Waals surface area contributed by atoms with Crippen LogP contribution >= 0.6 is 23.2 Å². The van der Waals surface area contributed by atoms with Crippen LogP contribution in [0.5, 0.6) is 5.75 Å². The highest BCUT2D eigenvalue weighted by molar-refractivity contribution is 6.42. The fourth-order valence-electron chi connectivity index (χ4n) is 3.13. The molecule has 0 saturated heterocycles. The molecule has 1 aromatic heterocycles. The smallest absolute Gasteiger partial charge is 0.266 e. The number of benzene rings is 2. The molecular formula is C23H19Cl2N3O2. The molecule has 0 aliphatic rings. The molecule has 7 heteroatoms. The van der Waals surface area contributed by atoms with Gasteiger partial charge in [0, 0.05) is 22.8 Å². The first-order chi connectivity index (χ1) is 14.3. The number of halogens is 2. The number of carbonyl (C=O) groups excluding carboxylic acids is 1. The van der Waals surface area contributed by atoms with Crippen molar-refractivity contribution in [3.8, 4) is 17.5 Å². The summed E-state index contributed by atoms with van der Waals surface area (Å²) in [6.07, 6.45) is 1.58. The van der Waals surface area contributed by atoms with Crippen molar-refractivity contribution in [3.05, 3.63) is 81.1 Å². The van der Waals surface area contributed by atoms with E-state index in [-0.39, 0.29) is 5.57 Å². The third-order valence-corrected chi connectivity index (χ3v) is 5.38. The number of nitrogens with one attached hydrogen (secondary N) is 1. The lowest BCUT2D eigenvalue weighted by atomic mass is 10.1. The SMILES string of the molecule is COc1ccc(NC(=O)/C(C#N)=C/c2cc(C)n(-c3ccc(Cl)c(Cl)c3)c2C)cc1. The third kappa shape index (κ3) is 4.51. The first-order valence-electron chi connectivity index (χ1n) is 9.05. The molecule has 0 aliphatic heterocycles. The summed E-state index contributed by atoms with van der Waals surface area (Å²) in [5, 5.41) is 13.2. The highest BCUT2D eigenvalue weighted by atomic mass is 35.5. The van der Waals surface area contributed by atoms with Gasteiger partial charge in [0.25, 0.3) is 5.91 Å². The number of aryl methyl sites for hydroxylation is 1. The summed E-state index contributed by atoms with van der Waals surface area (Å²) < 4.78 is 7.09. The quantitative estimate of drug-likeness (QED) is 0.394. The normalized spacial score (nSPS) is 11.1. The molecule has 30 heavy (non-hydrogen) atoms. The topological polar surface area (TPSA) is 67.0 Å². The summed E-state index contributed by atoms with van der Waals surface area (Å²) in [6, 6.07) is 16.2. The van der Waals surface area contributed by atoms with Gasteiger partial charge >= 0.3 is 0 Å². The Labute approximate surface area is 185 Å². The molecule has 1 amide bonds. The Hall–Kier alpha value is -3.20. The van der Waals surface area contributed by atoms with Gasteiger partial charge in [0.15, 0.2) is 0 Å². The van der Waals surface area contributed by atoms with Crippen LogP contribution in [0.4, 0.5) is 5.69 Å². The number of nitrogens with zero attached hydrogens (tertiary/aromatic N) is 2. The van der Waals surface area contributed by atoms with E-state index in [1.807, 2.05) is 36.6 Å². The van der Waals surface area contributed by atoms with E-state index < -0.39 is 5.91 Å². The van der Waals surface area contributed by atoms with Gasteiger partial charge in [-0.2, -0.15) is 5.26 Å². The zero-order chi connectivity index (χ0) is 21.8. The van der Waals surface area contributed by atoms with E-state index in [1.54, 1.807) is 49.6 Å². The lowest BCUT2D eigenvalue weighted by Crippen LogP contribution is -2.13. The summed E-state index contributed by atoms with van der Waals surface area (Å²) in [5.41, 5.74) is 3.99. The zero-order valence-electron chi connectivity index (χ0n) is 16.7. The van der Waals surface area contributed by atoms with E-state index in [0.717, 1.165) is 22.6 Å². The van der Waals surface area contributed by atoms with Crippen molar-refractivity contribution >= 4 is 40.9 Å². The maximum Gasteiger partial charge on any atom is 0.266 e. The number of hydrogen-bond acceptors (Lipinski definition) is 3. The highest BCUT2D eigenvalue weighted by Gasteiger charge is 2.14. The number of anilines is 1. The van der Waals surface area contributed by atoms with Gasteiger partial charge in [0.05, 0.1) is 17.2 Å². The minimum Gasteiger partial charge on any atom is -0.497 e. The first-order valence-corrected chi connectivity index (χ1v) is 9.81. The third-order valence-electron chi connectivity index (χ3n) is 4.64. The second-order valence-corrected chi connectivity index (χ2v) is 7.43. The van der Waals surface area contributed by atoms with Crippen LogP contribution in [0.25, 0.3) is 11.8 Å². The molecule has 1 heterocycles. The first kappa shape index (κ1) is 21.5. The molecule has 0 unspecified atom stereocenters. The van der Waals surface area contributed by atoms with Crippen LogP contribution in [0.15, 0.2) is 54.1 Å². The molecule has 5 nitrogen and oxygen atoms in total. The van der Waals surface area contributed by atoms with Gasteiger partial charge in [-0.25, -0.2) is 0 Å². The summed E-state index contributed by atoms with van der Waals surface area (Å²) in [5.74, 6) is 0.195. The van der Waals surface area contributed by atoms with Gasteiger partial charge in [-0.15, -0.1) is 0 Å². The van der Waals surface area contributed by atoms with E-state index in [4.69, 9.17) is 27.9 Å². The molecule has 0 atom stereocenters. The molecule has 0 aliphatic carbocycles. The number of hydrogen-bond donors (Lipinski definition) is 1. The Kier molecular flexibility index (Phi) is 6.51. The maximum atomic E-state index is 12.6. The second kappa shape index (κ2) is 9.08. The van der Waals surface area contributed by atoms with Gasteiger partial charge < -0.3 is 14.6 Å². The van der Waals surface area contributed by atoms with Crippen LogP contribution in [0, 0.1) is 25.2 Å². The lowest BCUT2D eigenvalue weighted by Gasteiger charge is -2.10. The minimum atomic E-state index is -0.484. The van der Waals surface area contributed by atoms with Gasteiger partial charge in [0.1, 0.15) is 17.4 Å². The molecule has 0 saturated carbocycles. The van der Waals surface area contributed by atoms with E-state index in [2.05, 4.69) is 5.32 Å².